The first-order valence-corrected chi connectivity index (χ1v) is 11.3. The van der Waals surface area contributed by atoms with Gasteiger partial charge in [0.05, 0.1) is 23.8 Å². The van der Waals surface area contributed by atoms with Gasteiger partial charge in [-0.25, -0.2) is 0 Å². The van der Waals surface area contributed by atoms with Gasteiger partial charge in [0.2, 0.25) is 0 Å². The Bertz CT molecular complexity index is 1280. The molecule has 4 rings (SSSR count). The van der Waals surface area contributed by atoms with E-state index in [-0.39, 0.29) is 12.5 Å². The van der Waals surface area contributed by atoms with Crippen molar-refractivity contribution >= 4 is 45.6 Å². The first kappa shape index (κ1) is 23.0. The van der Waals surface area contributed by atoms with Crippen molar-refractivity contribution in [2.75, 3.05) is 25.6 Å². The van der Waals surface area contributed by atoms with E-state index in [0.29, 0.717) is 22.3 Å². The molecule has 4 nitrogen and oxygen atoms in total. The van der Waals surface area contributed by atoms with Crippen molar-refractivity contribution in [3.05, 3.63) is 82.8 Å². The molecule has 6 heteroatoms. The van der Waals surface area contributed by atoms with Crippen LogP contribution in [0.15, 0.2) is 72.8 Å². The number of anilines is 1. The van der Waals surface area contributed by atoms with Crippen LogP contribution >= 0.6 is 23.2 Å². The summed E-state index contributed by atoms with van der Waals surface area (Å²) in [6.45, 7) is 2.13. The van der Waals surface area contributed by atoms with Gasteiger partial charge in [0.1, 0.15) is 12.3 Å². The molecule has 0 spiro atoms. The van der Waals surface area contributed by atoms with Crippen LogP contribution in [0, 0.1) is 0 Å². The SMILES string of the molecule is CCOC(=O)CNc1cc(Cl)c(-c2cccc3c(-c4ccccc4)c(OC)ccc23)c(Cl)c1. The Balaban J connectivity index is 1.82. The van der Waals surface area contributed by atoms with Gasteiger partial charge in [-0.15, -0.1) is 0 Å². The van der Waals surface area contributed by atoms with Crippen LogP contribution in [-0.4, -0.2) is 26.2 Å². The van der Waals surface area contributed by atoms with Crippen molar-refractivity contribution in [1.29, 1.82) is 0 Å². The van der Waals surface area contributed by atoms with E-state index in [0.717, 1.165) is 38.8 Å². The number of carbonyl (C=O) groups excluding carboxylic acids is 1. The highest BCUT2D eigenvalue weighted by molar-refractivity contribution is 6.40. The van der Waals surface area contributed by atoms with E-state index >= 15 is 0 Å². The molecule has 0 atom stereocenters. The quantitative estimate of drug-likeness (QED) is 0.279. The predicted octanol–water partition coefficient (Wildman–Crippen LogP) is 7.46. The number of esters is 1. The maximum Gasteiger partial charge on any atom is 0.325 e. The third-order valence-electron chi connectivity index (χ3n) is 5.36. The number of hydrogen-bond donors (Lipinski definition) is 1. The van der Waals surface area contributed by atoms with E-state index in [1.807, 2.05) is 42.5 Å². The number of methoxy groups -OCH3 is 1. The molecule has 0 aromatic heterocycles. The van der Waals surface area contributed by atoms with Gasteiger partial charge in [-0.2, -0.15) is 0 Å². The van der Waals surface area contributed by atoms with Crippen LogP contribution < -0.4 is 10.1 Å². The average Bonchev–Trinajstić information content (AvgIpc) is 2.82. The molecule has 0 bridgehead atoms. The lowest BCUT2D eigenvalue weighted by atomic mass is 9.92. The van der Waals surface area contributed by atoms with Crippen LogP contribution in [-0.2, 0) is 9.53 Å². The molecule has 33 heavy (non-hydrogen) atoms. The minimum absolute atomic E-state index is 0.0361. The topological polar surface area (TPSA) is 47.6 Å². The Morgan fingerprint density at radius 2 is 1.61 bits per heavy atom. The molecule has 0 heterocycles. The summed E-state index contributed by atoms with van der Waals surface area (Å²) in [4.78, 5) is 11.7. The van der Waals surface area contributed by atoms with Gasteiger partial charge in [-0.05, 0) is 47.0 Å². The number of hydrogen-bond acceptors (Lipinski definition) is 4. The van der Waals surface area contributed by atoms with E-state index < -0.39 is 0 Å². The lowest BCUT2D eigenvalue weighted by Gasteiger charge is -2.17. The zero-order valence-electron chi connectivity index (χ0n) is 18.3. The largest absolute Gasteiger partial charge is 0.496 e. The highest BCUT2D eigenvalue weighted by Gasteiger charge is 2.17. The molecular formula is C27H23Cl2NO3. The maximum atomic E-state index is 11.7. The van der Waals surface area contributed by atoms with Crippen molar-refractivity contribution in [2.45, 2.75) is 6.92 Å². The predicted molar refractivity (Wildman–Crippen MR) is 137 cm³/mol. The molecule has 168 valence electrons. The second-order valence-corrected chi connectivity index (χ2v) is 8.20. The van der Waals surface area contributed by atoms with E-state index in [9.17, 15) is 4.79 Å². The second-order valence-electron chi connectivity index (χ2n) is 7.38. The van der Waals surface area contributed by atoms with Crippen molar-refractivity contribution < 1.29 is 14.3 Å². The summed E-state index contributed by atoms with van der Waals surface area (Å²) >= 11 is 13.4. The number of halogens is 2. The molecule has 0 unspecified atom stereocenters. The van der Waals surface area contributed by atoms with Gasteiger partial charge in [-0.3, -0.25) is 4.79 Å². The molecular weight excluding hydrogens is 457 g/mol. The van der Waals surface area contributed by atoms with Crippen LogP contribution in [0.3, 0.4) is 0 Å². The fourth-order valence-electron chi connectivity index (χ4n) is 3.95. The molecule has 0 saturated heterocycles. The van der Waals surface area contributed by atoms with E-state index in [1.165, 1.54) is 0 Å². The molecule has 0 aliphatic rings. The molecule has 4 aromatic rings. The molecule has 4 aromatic carbocycles. The maximum absolute atomic E-state index is 11.7. The van der Waals surface area contributed by atoms with Gasteiger partial charge < -0.3 is 14.8 Å². The Morgan fingerprint density at radius 1 is 0.879 bits per heavy atom. The summed E-state index contributed by atoms with van der Waals surface area (Å²) < 4.78 is 10.6. The lowest BCUT2D eigenvalue weighted by molar-refractivity contribution is -0.140. The second kappa shape index (κ2) is 10.2. The Hall–Kier alpha value is -3.21. The van der Waals surface area contributed by atoms with Gasteiger partial charge in [0, 0.05) is 16.8 Å². The highest BCUT2D eigenvalue weighted by Crippen LogP contribution is 2.44. The number of rotatable bonds is 7. The number of nitrogens with one attached hydrogen (secondary N) is 1. The third-order valence-corrected chi connectivity index (χ3v) is 5.96. The first-order valence-electron chi connectivity index (χ1n) is 10.6. The van der Waals surface area contributed by atoms with Gasteiger partial charge in [-0.1, -0.05) is 77.8 Å². The molecule has 0 radical (unpaired) electrons. The van der Waals surface area contributed by atoms with Gasteiger partial charge in [0.15, 0.2) is 0 Å². The number of carbonyl (C=O) groups is 1. The standard InChI is InChI=1S/C27H23Cl2NO3/c1-3-33-25(31)16-30-18-14-22(28)27(23(29)15-18)21-11-7-10-20-19(21)12-13-24(32-2)26(20)17-8-5-4-6-9-17/h4-15,30H,3,16H2,1-2H3. The van der Waals surface area contributed by atoms with E-state index in [2.05, 4.69) is 23.5 Å². The minimum Gasteiger partial charge on any atom is -0.496 e. The normalized spacial score (nSPS) is 10.8. The monoisotopic (exact) mass is 479 g/mol. The Labute approximate surface area is 203 Å². The number of benzene rings is 4. The van der Waals surface area contributed by atoms with Gasteiger partial charge in [0.25, 0.3) is 0 Å². The Kier molecular flexibility index (Phi) is 7.07. The Morgan fingerprint density at radius 3 is 2.27 bits per heavy atom. The van der Waals surface area contributed by atoms with Crippen LogP contribution in [0.2, 0.25) is 10.0 Å². The zero-order chi connectivity index (χ0) is 23.4. The summed E-state index contributed by atoms with van der Waals surface area (Å²) in [5.74, 6) is 0.451. The summed E-state index contributed by atoms with van der Waals surface area (Å²) in [6, 6.07) is 23.7. The van der Waals surface area contributed by atoms with Crippen LogP contribution in [0.5, 0.6) is 5.75 Å². The molecule has 0 aliphatic heterocycles. The summed E-state index contributed by atoms with van der Waals surface area (Å²) in [6.07, 6.45) is 0. The summed E-state index contributed by atoms with van der Waals surface area (Å²) in [5, 5.41) is 6.03. The summed E-state index contributed by atoms with van der Waals surface area (Å²) in [5.41, 5.74) is 4.37. The molecule has 1 N–H and O–H groups in total. The highest BCUT2D eigenvalue weighted by atomic mass is 35.5. The minimum atomic E-state index is -0.342. The van der Waals surface area contributed by atoms with Gasteiger partial charge >= 0.3 is 5.97 Å². The number of fused-ring (bicyclic) bond motifs is 1. The lowest BCUT2D eigenvalue weighted by Crippen LogP contribution is -2.16. The van der Waals surface area contributed by atoms with E-state index in [1.54, 1.807) is 26.2 Å². The van der Waals surface area contributed by atoms with Crippen LogP contribution in [0.1, 0.15) is 6.92 Å². The molecule has 0 saturated carbocycles. The average molecular weight is 480 g/mol. The molecule has 0 aliphatic carbocycles. The summed E-state index contributed by atoms with van der Waals surface area (Å²) in [7, 11) is 1.67. The zero-order valence-corrected chi connectivity index (χ0v) is 19.8. The van der Waals surface area contributed by atoms with Crippen molar-refractivity contribution in [1.82, 2.24) is 0 Å². The van der Waals surface area contributed by atoms with E-state index in [4.69, 9.17) is 32.7 Å². The van der Waals surface area contributed by atoms with Crippen molar-refractivity contribution in [3.63, 3.8) is 0 Å². The van der Waals surface area contributed by atoms with Crippen molar-refractivity contribution in [2.24, 2.45) is 0 Å². The molecule has 0 fully saturated rings. The van der Waals surface area contributed by atoms with Crippen molar-refractivity contribution in [3.8, 4) is 28.0 Å². The van der Waals surface area contributed by atoms with Crippen LogP contribution in [0.4, 0.5) is 5.69 Å². The smallest absolute Gasteiger partial charge is 0.325 e. The third kappa shape index (κ3) is 4.77. The molecule has 0 amide bonds. The number of ether oxygens (including phenoxy) is 2. The fraction of sp³-hybridized carbons (Fsp3) is 0.148. The first-order chi connectivity index (χ1) is 16.0. The fourth-order valence-corrected chi connectivity index (χ4v) is 4.64. The van der Waals surface area contributed by atoms with Crippen LogP contribution in [0.25, 0.3) is 33.0 Å².